The molecule has 1 amide bonds. The van der Waals surface area contributed by atoms with E-state index in [1.807, 2.05) is 5.38 Å². The van der Waals surface area contributed by atoms with Gasteiger partial charge in [0.25, 0.3) is 5.91 Å². The van der Waals surface area contributed by atoms with Gasteiger partial charge in [-0.15, -0.1) is 49.0 Å². The Morgan fingerprint density at radius 3 is 1.64 bits per heavy atom. The van der Waals surface area contributed by atoms with Gasteiger partial charge in [-0.3, -0.25) is 4.79 Å². The van der Waals surface area contributed by atoms with E-state index in [1.165, 1.54) is 35.6 Å². The lowest BCUT2D eigenvalue weighted by atomic mass is 10.1. The van der Waals surface area contributed by atoms with E-state index in [-0.39, 0.29) is 23.9 Å². The number of primary amides is 1. The molecule has 2 N–H and O–H groups in total. The summed E-state index contributed by atoms with van der Waals surface area (Å²) in [5.41, 5.74) is 6.54. The average Bonchev–Trinajstić information content (AvgIpc) is 3.67. The minimum atomic E-state index is -4.78. The lowest BCUT2D eigenvalue weighted by Gasteiger charge is -2.09. The van der Waals surface area contributed by atoms with Crippen molar-refractivity contribution >= 4 is 44.5 Å². The molecule has 0 radical (unpaired) electrons. The number of thiazole rings is 2. The molecule has 0 bridgehead atoms. The first-order valence-electron chi connectivity index (χ1n) is 12.7. The highest BCUT2D eigenvalue weighted by molar-refractivity contribution is 9.08. The molecule has 0 aliphatic heterocycles. The summed E-state index contributed by atoms with van der Waals surface area (Å²) in [5.74, 6) is -4.55. The molecule has 5 rings (SSSR count). The number of amides is 1. The number of aromatic nitrogens is 2. The minimum Gasteiger partial charge on any atom is -0.483 e. The van der Waals surface area contributed by atoms with E-state index in [0.717, 1.165) is 51.9 Å². The van der Waals surface area contributed by atoms with Crippen molar-refractivity contribution in [3.63, 3.8) is 0 Å². The molecule has 248 valence electrons. The third kappa shape index (κ3) is 10.4. The lowest BCUT2D eigenvalue weighted by molar-refractivity contribution is -0.275. The van der Waals surface area contributed by atoms with Crippen molar-refractivity contribution < 1.29 is 54.1 Å². The first kappa shape index (κ1) is 35.6. The zero-order valence-corrected chi connectivity index (χ0v) is 26.4. The lowest BCUT2D eigenvalue weighted by Crippen LogP contribution is -2.16. The number of carbonyl (C=O) groups excluding carboxylic acids is 1. The van der Waals surface area contributed by atoms with Crippen LogP contribution in [0.5, 0.6) is 17.2 Å². The van der Waals surface area contributed by atoms with E-state index in [2.05, 4.69) is 35.4 Å². The van der Waals surface area contributed by atoms with Crippen LogP contribution in [0.3, 0.4) is 0 Å². The maximum absolute atomic E-state index is 14.1. The molecule has 2 heterocycles. The summed E-state index contributed by atoms with van der Waals surface area (Å²) in [6.07, 6.45) is -9.44. The number of carbonyl (C=O) groups is 1. The van der Waals surface area contributed by atoms with Crippen LogP contribution in [0.1, 0.15) is 20.4 Å². The molecule has 0 saturated carbocycles. The van der Waals surface area contributed by atoms with Crippen molar-refractivity contribution in [1.29, 1.82) is 0 Å². The molecule has 47 heavy (non-hydrogen) atoms. The summed E-state index contributed by atoms with van der Waals surface area (Å²) in [4.78, 5) is 19.7. The quantitative estimate of drug-likeness (QED) is 0.119. The zero-order chi connectivity index (χ0) is 34.4. The number of rotatable bonds is 9. The van der Waals surface area contributed by atoms with Crippen LogP contribution in [0.15, 0.2) is 71.4 Å². The Morgan fingerprint density at radius 2 is 1.21 bits per heavy atom. The summed E-state index contributed by atoms with van der Waals surface area (Å²) < 4.78 is 113. The summed E-state index contributed by atoms with van der Waals surface area (Å²) in [6, 6.07) is 12.6. The largest absolute Gasteiger partial charge is 0.573 e. The van der Waals surface area contributed by atoms with Gasteiger partial charge in [-0.25, -0.2) is 18.7 Å². The standard InChI is InChI=1S/C18H11F5N2O3S.C11H7BrF3NOS/c19-11-5-6-13(16(20)15(11)17(24)26)27-7-14-25-12(8-29-14)9-1-3-10(4-2-9)28-18(21,22)23;12-5-10-16-9(6-18-10)7-1-3-8(4-2-7)17-11(13,14)15/h1-6,8H,7H2,(H2,24,26);1-4,6H,5H2. The van der Waals surface area contributed by atoms with Crippen molar-refractivity contribution in [2.45, 2.75) is 24.7 Å². The van der Waals surface area contributed by atoms with E-state index < -0.39 is 35.8 Å². The molecule has 0 saturated heterocycles. The maximum Gasteiger partial charge on any atom is 0.573 e. The number of halogens is 9. The van der Waals surface area contributed by atoms with Gasteiger partial charge in [0.2, 0.25) is 0 Å². The highest BCUT2D eigenvalue weighted by Gasteiger charge is 2.31. The van der Waals surface area contributed by atoms with Crippen molar-refractivity contribution in [2.24, 2.45) is 5.73 Å². The predicted octanol–water partition coefficient (Wildman–Crippen LogP) is 9.27. The molecule has 5 aromatic rings. The molecule has 0 spiro atoms. The number of nitrogens with zero attached hydrogens (tertiary/aromatic N) is 2. The summed E-state index contributed by atoms with van der Waals surface area (Å²) in [6.45, 7) is -0.180. The van der Waals surface area contributed by atoms with Crippen molar-refractivity contribution in [1.82, 2.24) is 9.97 Å². The molecular formula is C29H18BrF8N3O4S2. The topological polar surface area (TPSA) is 96.6 Å². The second kappa shape index (κ2) is 15.1. The molecule has 7 nitrogen and oxygen atoms in total. The van der Waals surface area contributed by atoms with Crippen LogP contribution in [0.25, 0.3) is 22.5 Å². The zero-order valence-electron chi connectivity index (χ0n) is 23.2. The molecule has 2 aromatic heterocycles. The fourth-order valence-electron chi connectivity index (χ4n) is 3.68. The normalized spacial score (nSPS) is 11.4. The fraction of sp³-hybridized carbons (Fsp3) is 0.138. The Balaban J connectivity index is 0.000000238. The van der Waals surface area contributed by atoms with Gasteiger partial charge >= 0.3 is 12.7 Å². The molecule has 18 heteroatoms. The van der Waals surface area contributed by atoms with Crippen molar-refractivity contribution in [2.75, 3.05) is 0 Å². The van der Waals surface area contributed by atoms with Crippen LogP contribution < -0.4 is 19.9 Å². The van der Waals surface area contributed by atoms with Gasteiger partial charge in [0.1, 0.15) is 39.5 Å². The monoisotopic (exact) mass is 767 g/mol. The van der Waals surface area contributed by atoms with Gasteiger partial charge in [0.15, 0.2) is 11.6 Å². The minimum absolute atomic E-state index is 0.180. The number of ether oxygens (including phenoxy) is 3. The van der Waals surface area contributed by atoms with Gasteiger partial charge in [-0.05, 0) is 60.7 Å². The highest BCUT2D eigenvalue weighted by atomic mass is 79.9. The molecule has 0 aliphatic rings. The molecule has 0 fully saturated rings. The second-order valence-electron chi connectivity index (χ2n) is 8.92. The Hall–Kier alpha value is -4.29. The fourth-order valence-corrected chi connectivity index (χ4v) is 5.57. The van der Waals surface area contributed by atoms with Crippen LogP contribution in [-0.2, 0) is 11.9 Å². The van der Waals surface area contributed by atoms with Crippen molar-refractivity contribution in [3.05, 3.63) is 98.6 Å². The molecule has 0 unspecified atom stereocenters. The van der Waals surface area contributed by atoms with Crippen LogP contribution in [0.2, 0.25) is 0 Å². The van der Waals surface area contributed by atoms with Crippen LogP contribution in [0, 0.1) is 11.6 Å². The molecular weight excluding hydrogens is 750 g/mol. The highest BCUT2D eigenvalue weighted by Crippen LogP contribution is 2.30. The number of nitrogens with two attached hydrogens (primary N) is 1. The molecule has 0 atom stereocenters. The van der Waals surface area contributed by atoms with Gasteiger partial charge in [0.05, 0.1) is 16.7 Å². The molecule has 0 aliphatic carbocycles. The first-order valence-corrected chi connectivity index (χ1v) is 15.6. The number of benzene rings is 3. The van der Waals surface area contributed by atoms with Crippen molar-refractivity contribution in [3.8, 4) is 39.8 Å². The Labute approximate surface area is 276 Å². The number of hydrogen-bond donors (Lipinski definition) is 1. The Morgan fingerprint density at radius 1 is 0.745 bits per heavy atom. The Bertz CT molecular complexity index is 1810. The van der Waals surface area contributed by atoms with Gasteiger partial charge in [-0.1, -0.05) is 15.9 Å². The van der Waals surface area contributed by atoms with Crippen LogP contribution >= 0.6 is 38.6 Å². The number of hydrogen-bond acceptors (Lipinski definition) is 8. The Kier molecular flexibility index (Phi) is 11.4. The first-order chi connectivity index (χ1) is 22.1. The summed E-state index contributed by atoms with van der Waals surface area (Å²) >= 11 is 5.94. The summed E-state index contributed by atoms with van der Waals surface area (Å²) in [7, 11) is 0. The molecule has 3 aromatic carbocycles. The van der Waals surface area contributed by atoms with Gasteiger partial charge < -0.3 is 19.9 Å². The second-order valence-corrected chi connectivity index (χ2v) is 11.4. The average molecular weight is 769 g/mol. The summed E-state index contributed by atoms with van der Waals surface area (Å²) in [5, 5.41) is 5.48. The van der Waals surface area contributed by atoms with E-state index in [0.29, 0.717) is 21.6 Å². The third-order valence-electron chi connectivity index (χ3n) is 5.64. The number of alkyl halides is 7. The third-order valence-corrected chi connectivity index (χ3v) is 8.21. The smallest absolute Gasteiger partial charge is 0.483 e. The maximum atomic E-state index is 14.1. The van der Waals surface area contributed by atoms with E-state index in [4.69, 9.17) is 10.5 Å². The predicted molar refractivity (Wildman–Crippen MR) is 160 cm³/mol. The van der Waals surface area contributed by atoms with E-state index >= 15 is 0 Å². The van der Waals surface area contributed by atoms with Gasteiger partial charge in [-0.2, -0.15) is 0 Å². The van der Waals surface area contributed by atoms with Crippen LogP contribution in [-0.4, -0.2) is 28.6 Å². The van der Waals surface area contributed by atoms with Gasteiger partial charge in [0, 0.05) is 21.9 Å². The van der Waals surface area contributed by atoms with Crippen LogP contribution in [0.4, 0.5) is 35.1 Å². The van der Waals surface area contributed by atoms with E-state index in [1.54, 1.807) is 17.5 Å². The SMILES string of the molecule is FC(F)(F)Oc1ccc(-c2csc(CBr)n2)cc1.NC(=O)c1c(F)ccc(OCc2nc(-c3ccc(OC(F)(F)F)cc3)cs2)c1F. The van der Waals surface area contributed by atoms with E-state index in [9.17, 15) is 39.9 Å².